The first-order valence-corrected chi connectivity index (χ1v) is 13.2. The molecule has 2 fully saturated rings. The maximum Gasteiger partial charge on any atom is 0.113 e. The Balaban J connectivity index is 1.22. The van der Waals surface area contributed by atoms with Crippen molar-refractivity contribution in [1.29, 1.82) is 0 Å². The van der Waals surface area contributed by atoms with E-state index in [9.17, 15) is 0 Å². The van der Waals surface area contributed by atoms with Gasteiger partial charge in [0.1, 0.15) is 5.69 Å². The fraction of sp³-hybridized carbons (Fsp3) is 0.344. The number of allylic oxidation sites excluding steroid dienone is 1. The molecule has 1 aromatic heterocycles. The van der Waals surface area contributed by atoms with Gasteiger partial charge in [0.25, 0.3) is 0 Å². The first-order chi connectivity index (χ1) is 17.0. The van der Waals surface area contributed by atoms with Gasteiger partial charge in [0.2, 0.25) is 0 Å². The van der Waals surface area contributed by atoms with Crippen LogP contribution in [-0.2, 0) is 0 Å². The lowest BCUT2D eigenvalue weighted by Crippen LogP contribution is -2.35. The van der Waals surface area contributed by atoms with Gasteiger partial charge in [0, 0.05) is 41.5 Å². The monoisotopic (exact) mass is 480 g/mol. The number of hydrogen-bond acceptors (Lipinski definition) is 2. The first kappa shape index (κ1) is 23.9. The highest BCUT2D eigenvalue weighted by molar-refractivity contribution is 6.30. The van der Waals surface area contributed by atoms with E-state index in [-0.39, 0.29) is 0 Å². The van der Waals surface area contributed by atoms with Gasteiger partial charge < -0.3 is 0 Å². The van der Waals surface area contributed by atoms with Crippen LogP contribution in [0.25, 0.3) is 16.7 Å². The zero-order chi connectivity index (χ0) is 24.2. The topological polar surface area (TPSA) is 16.1 Å². The molecule has 0 spiro atoms. The van der Waals surface area contributed by atoms with Gasteiger partial charge in [-0.15, -0.1) is 0 Å². The Labute approximate surface area is 215 Å². The molecule has 0 N–H and O–H groups in total. The molecule has 2 aliphatic rings. The van der Waals surface area contributed by atoms with Crippen LogP contribution >= 0.6 is 11.6 Å². The van der Waals surface area contributed by atoms with Crippen LogP contribution in [0.4, 0.5) is 0 Å². The number of pyridine rings is 1. The number of aromatic nitrogens is 1. The lowest BCUT2D eigenvalue weighted by atomic mass is 10.0. The molecule has 3 heteroatoms. The second kappa shape index (κ2) is 10.8. The highest BCUT2D eigenvalue weighted by Crippen LogP contribution is 2.35. The average molecular weight is 481 g/mol. The minimum atomic E-state index is 0.484. The average Bonchev–Trinajstić information content (AvgIpc) is 3.81. The Morgan fingerprint density at radius 3 is 2.11 bits per heavy atom. The lowest BCUT2D eigenvalue weighted by molar-refractivity contribution is 0.222. The molecule has 1 atom stereocenters. The summed E-state index contributed by atoms with van der Waals surface area (Å²) in [4.78, 5) is 7.23. The molecule has 5 rings (SSSR count). The summed E-state index contributed by atoms with van der Waals surface area (Å²) in [5.41, 5.74) is 6.53. The van der Waals surface area contributed by atoms with Crippen LogP contribution in [0.2, 0.25) is 5.02 Å². The molecule has 178 valence electrons. The van der Waals surface area contributed by atoms with Gasteiger partial charge in [-0.05, 0) is 104 Å². The molecule has 0 unspecified atom stereocenters. The molecular weight excluding hydrogens is 448 g/mol. The molecule has 35 heavy (non-hydrogen) atoms. The molecule has 0 bridgehead atoms. The molecular formula is C32H33ClN2. The molecule has 0 aliphatic heterocycles. The summed E-state index contributed by atoms with van der Waals surface area (Å²) in [5, 5.41) is 0.736. The molecule has 2 aromatic carbocycles. The van der Waals surface area contributed by atoms with Crippen LogP contribution in [0, 0.1) is 23.7 Å². The van der Waals surface area contributed by atoms with Crippen LogP contribution in [0.15, 0.2) is 72.9 Å². The molecule has 2 saturated carbocycles. The van der Waals surface area contributed by atoms with Gasteiger partial charge in [0.05, 0.1) is 0 Å². The summed E-state index contributed by atoms with van der Waals surface area (Å²) in [6, 6.07) is 20.9. The summed E-state index contributed by atoms with van der Waals surface area (Å²) >= 11 is 5.98. The smallest absolute Gasteiger partial charge is 0.113 e. The Bertz CT molecular complexity index is 1210. The van der Waals surface area contributed by atoms with Gasteiger partial charge in [0.15, 0.2) is 0 Å². The highest BCUT2D eigenvalue weighted by atomic mass is 35.5. The summed E-state index contributed by atoms with van der Waals surface area (Å²) in [6.45, 7) is 7.13. The van der Waals surface area contributed by atoms with Crippen molar-refractivity contribution in [3.63, 3.8) is 0 Å². The zero-order valence-electron chi connectivity index (χ0n) is 20.7. The number of halogens is 1. The standard InChI is InChI=1S/C32H33ClN2/c1-23(19-24(2)35(21-26-3-4-26)22-27-5-6-27)28-10-7-25(8-11-28)9-17-32-18-14-30(20-34-32)29-12-15-31(33)16-13-29/h7-8,10-16,18-20,24,26-27H,3-6,21-22H2,1-2H3/b23-19-/t24-/m0/s1. The number of benzene rings is 2. The van der Waals surface area contributed by atoms with E-state index in [0.717, 1.165) is 39.2 Å². The lowest BCUT2D eigenvalue weighted by Gasteiger charge is -2.27. The van der Waals surface area contributed by atoms with Gasteiger partial charge in [-0.2, -0.15) is 0 Å². The highest BCUT2D eigenvalue weighted by Gasteiger charge is 2.30. The second-order valence-corrected chi connectivity index (χ2v) is 10.6. The molecule has 2 nitrogen and oxygen atoms in total. The minimum Gasteiger partial charge on any atom is -0.297 e. The van der Waals surface area contributed by atoms with E-state index in [1.165, 1.54) is 49.9 Å². The van der Waals surface area contributed by atoms with Crippen molar-refractivity contribution >= 4 is 17.2 Å². The van der Waals surface area contributed by atoms with Crippen molar-refractivity contribution in [3.05, 3.63) is 94.8 Å². The van der Waals surface area contributed by atoms with Crippen molar-refractivity contribution < 1.29 is 0 Å². The van der Waals surface area contributed by atoms with Crippen LogP contribution < -0.4 is 0 Å². The molecule has 0 saturated heterocycles. The maximum absolute atomic E-state index is 5.98. The molecule has 3 aromatic rings. The fourth-order valence-electron chi connectivity index (χ4n) is 4.47. The Hall–Kier alpha value is -2.86. The maximum atomic E-state index is 5.98. The van der Waals surface area contributed by atoms with Crippen LogP contribution in [0.5, 0.6) is 0 Å². The van der Waals surface area contributed by atoms with Crippen molar-refractivity contribution in [2.75, 3.05) is 13.1 Å². The molecule has 2 aliphatic carbocycles. The van der Waals surface area contributed by atoms with E-state index in [2.05, 4.69) is 72.0 Å². The summed E-state index contributed by atoms with van der Waals surface area (Å²) in [6.07, 6.45) is 9.98. The Morgan fingerprint density at radius 1 is 0.914 bits per heavy atom. The Kier molecular flexibility index (Phi) is 7.37. The van der Waals surface area contributed by atoms with Gasteiger partial charge in [-0.25, -0.2) is 4.98 Å². The molecule has 0 amide bonds. The third-order valence-corrected chi connectivity index (χ3v) is 7.31. The van der Waals surface area contributed by atoms with Gasteiger partial charge in [-0.1, -0.05) is 53.9 Å². The summed E-state index contributed by atoms with van der Waals surface area (Å²) in [5.74, 6) is 8.31. The largest absolute Gasteiger partial charge is 0.297 e. The van der Waals surface area contributed by atoms with Crippen LogP contribution in [0.1, 0.15) is 56.4 Å². The number of nitrogens with zero attached hydrogens (tertiary/aromatic N) is 2. The predicted molar refractivity (Wildman–Crippen MR) is 147 cm³/mol. The molecule has 0 radical (unpaired) electrons. The van der Waals surface area contributed by atoms with E-state index in [4.69, 9.17) is 11.6 Å². The van der Waals surface area contributed by atoms with E-state index >= 15 is 0 Å². The Morgan fingerprint density at radius 2 is 1.54 bits per heavy atom. The van der Waals surface area contributed by atoms with E-state index in [1.807, 2.05) is 36.5 Å². The summed E-state index contributed by atoms with van der Waals surface area (Å²) < 4.78 is 0. The van der Waals surface area contributed by atoms with Gasteiger partial charge in [-0.3, -0.25) is 4.90 Å². The van der Waals surface area contributed by atoms with Crippen LogP contribution in [0.3, 0.4) is 0 Å². The third kappa shape index (κ3) is 6.85. The number of hydrogen-bond donors (Lipinski definition) is 0. The SMILES string of the molecule is C/C(=C/[C@H](C)N(CC1CC1)CC1CC1)c1ccc(C#Cc2ccc(-c3ccc(Cl)cc3)cn2)cc1. The van der Waals surface area contributed by atoms with Crippen molar-refractivity contribution in [2.24, 2.45) is 11.8 Å². The normalized spacial score (nSPS) is 16.6. The van der Waals surface area contributed by atoms with Crippen molar-refractivity contribution in [3.8, 4) is 23.0 Å². The fourth-order valence-corrected chi connectivity index (χ4v) is 4.59. The van der Waals surface area contributed by atoms with E-state index < -0.39 is 0 Å². The van der Waals surface area contributed by atoms with Crippen LogP contribution in [-0.4, -0.2) is 29.0 Å². The predicted octanol–water partition coefficient (Wildman–Crippen LogP) is 7.72. The van der Waals surface area contributed by atoms with E-state index in [1.54, 1.807) is 0 Å². The quantitative estimate of drug-likeness (QED) is 0.307. The van der Waals surface area contributed by atoms with Crippen molar-refractivity contribution in [1.82, 2.24) is 9.88 Å². The minimum absolute atomic E-state index is 0.484. The summed E-state index contributed by atoms with van der Waals surface area (Å²) in [7, 11) is 0. The molecule has 1 heterocycles. The second-order valence-electron chi connectivity index (χ2n) is 10.2. The van der Waals surface area contributed by atoms with Gasteiger partial charge >= 0.3 is 0 Å². The van der Waals surface area contributed by atoms with E-state index in [0.29, 0.717) is 6.04 Å². The number of rotatable bonds is 8. The first-order valence-electron chi connectivity index (χ1n) is 12.8. The third-order valence-electron chi connectivity index (χ3n) is 7.06. The zero-order valence-corrected chi connectivity index (χ0v) is 21.4. The van der Waals surface area contributed by atoms with Crippen molar-refractivity contribution in [2.45, 2.75) is 45.6 Å².